The molecule has 0 bridgehead atoms. The van der Waals surface area contributed by atoms with Gasteiger partial charge in [0.05, 0.1) is 24.5 Å². The molecular formula is C27H44N4O2. The van der Waals surface area contributed by atoms with E-state index in [-0.39, 0.29) is 16.9 Å². The lowest BCUT2D eigenvalue weighted by atomic mass is 9.41. The van der Waals surface area contributed by atoms with Gasteiger partial charge in [-0.3, -0.25) is 0 Å². The predicted molar refractivity (Wildman–Crippen MR) is 133 cm³/mol. The Balaban J connectivity index is 1.43. The van der Waals surface area contributed by atoms with Crippen LogP contribution in [-0.2, 0) is 0 Å². The van der Waals surface area contributed by atoms with Crippen LogP contribution in [0.25, 0.3) is 0 Å². The standard InChI is InChI=1S/C27H44N4O2/c1-4-18(17-30-31-24-28-12-13-29-24)14-20-16-21(32)15-19-6-7-23-22(26(19,20)3)8-11-25(2)9-5-10-27(23,25)33/h14,17,19-23,32-33H,4-13,15-16H2,1-3H3,(H2,28,29,31)/b18-14+,30-17+/t19-,20?,21-,22+,23-,25+,26-,27+/m1/s1. The Hall–Kier alpha value is -1.40. The second-order valence-corrected chi connectivity index (χ2v) is 12.1. The summed E-state index contributed by atoms with van der Waals surface area (Å²) in [7, 11) is 0. The number of fused-ring (bicyclic) bond motifs is 5. The number of aliphatic hydroxyl groups is 2. The molecule has 1 heterocycles. The molecule has 184 valence electrons. The van der Waals surface area contributed by atoms with E-state index in [1.165, 1.54) is 24.8 Å². The summed E-state index contributed by atoms with van der Waals surface area (Å²) in [4.78, 5) is 4.34. The molecule has 4 saturated carbocycles. The van der Waals surface area contributed by atoms with Crippen molar-refractivity contribution in [2.24, 2.45) is 44.6 Å². The van der Waals surface area contributed by atoms with Crippen molar-refractivity contribution in [2.45, 2.75) is 96.7 Å². The molecule has 5 rings (SSSR count). The van der Waals surface area contributed by atoms with E-state index in [9.17, 15) is 10.2 Å². The number of nitrogens with one attached hydrogen (secondary N) is 2. The molecule has 33 heavy (non-hydrogen) atoms. The van der Waals surface area contributed by atoms with E-state index in [2.05, 4.69) is 47.7 Å². The highest BCUT2D eigenvalue weighted by atomic mass is 16.3. The predicted octanol–water partition coefficient (Wildman–Crippen LogP) is 3.99. The molecule has 0 aromatic rings. The first-order valence-electron chi connectivity index (χ1n) is 13.5. The fourth-order valence-corrected chi connectivity index (χ4v) is 8.76. The van der Waals surface area contributed by atoms with Crippen LogP contribution >= 0.6 is 0 Å². The van der Waals surface area contributed by atoms with Crippen LogP contribution in [0.3, 0.4) is 0 Å². The normalized spacial score (nSPS) is 47.5. The van der Waals surface area contributed by atoms with E-state index >= 15 is 0 Å². The largest absolute Gasteiger partial charge is 0.393 e. The van der Waals surface area contributed by atoms with Crippen LogP contribution in [0.1, 0.15) is 85.0 Å². The number of hydrazone groups is 1. The van der Waals surface area contributed by atoms with Gasteiger partial charge < -0.3 is 15.5 Å². The van der Waals surface area contributed by atoms with Crippen LogP contribution in [0.15, 0.2) is 21.7 Å². The number of allylic oxidation sites excluding steroid dienone is 2. The number of nitrogens with zero attached hydrogens (tertiary/aromatic N) is 2. The van der Waals surface area contributed by atoms with Gasteiger partial charge in [-0.1, -0.05) is 26.8 Å². The summed E-state index contributed by atoms with van der Waals surface area (Å²) in [6.45, 7) is 8.69. The molecule has 0 aromatic carbocycles. The van der Waals surface area contributed by atoms with E-state index in [0.717, 1.165) is 64.0 Å². The Morgan fingerprint density at radius 3 is 2.79 bits per heavy atom. The van der Waals surface area contributed by atoms with Gasteiger partial charge in [-0.25, -0.2) is 10.4 Å². The summed E-state index contributed by atoms with van der Waals surface area (Å²) >= 11 is 0. The molecule has 1 aliphatic heterocycles. The molecule has 6 heteroatoms. The lowest BCUT2D eigenvalue weighted by molar-refractivity contribution is -0.211. The van der Waals surface area contributed by atoms with Crippen molar-refractivity contribution in [2.75, 3.05) is 13.1 Å². The summed E-state index contributed by atoms with van der Waals surface area (Å²) in [6, 6.07) is 0. The summed E-state index contributed by atoms with van der Waals surface area (Å²) in [5.41, 5.74) is 3.96. The molecular weight excluding hydrogens is 412 g/mol. The topological polar surface area (TPSA) is 89.2 Å². The van der Waals surface area contributed by atoms with Crippen molar-refractivity contribution in [3.63, 3.8) is 0 Å². The maximum Gasteiger partial charge on any atom is 0.212 e. The molecule has 0 radical (unpaired) electrons. The Kier molecular flexibility index (Phi) is 6.14. The maximum absolute atomic E-state index is 12.0. The number of hydrogen-bond donors (Lipinski definition) is 4. The third-order valence-electron chi connectivity index (χ3n) is 10.7. The summed E-state index contributed by atoms with van der Waals surface area (Å²) < 4.78 is 0. The number of hydrogen-bond acceptors (Lipinski definition) is 6. The number of aliphatic hydroxyl groups excluding tert-OH is 1. The van der Waals surface area contributed by atoms with E-state index in [4.69, 9.17) is 0 Å². The summed E-state index contributed by atoms with van der Waals surface area (Å²) in [5, 5.41) is 30.5. The minimum Gasteiger partial charge on any atom is -0.393 e. The molecule has 1 unspecified atom stereocenters. The van der Waals surface area contributed by atoms with Gasteiger partial charge in [-0.15, -0.1) is 0 Å². The SMILES string of the molecule is CCC(/C=N/NC1=NCCN1)=C\C1C[C@H](O)C[C@H]2CC[C@@H]3[C@H](CC[C@]4(C)CCC[C@]34O)[C@@]12C. The van der Waals surface area contributed by atoms with Crippen LogP contribution in [0.2, 0.25) is 0 Å². The minimum atomic E-state index is -0.498. The first-order chi connectivity index (χ1) is 15.8. The average Bonchev–Trinajstić information content (AvgIpc) is 3.41. The van der Waals surface area contributed by atoms with Gasteiger partial charge in [0.15, 0.2) is 0 Å². The van der Waals surface area contributed by atoms with Crippen LogP contribution in [0.5, 0.6) is 0 Å². The van der Waals surface area contributed by atoms with E-state index in [1.807, 2.05) is 6.21 Å². The van der Waals surface area contributed by atoms with E-state index < -0.39 is 5.60 Å². The second kappa shape index (κ2) is 8.67. The number of rotatable bonds is 4. The zero-order valence-electron chi connectivity index (χ0n) is 20.8. The van der Waals surface area contributed by atoms with Crippen molar-refractivity contribution in [1.29, 1.82) is 0 Å². The first kappa shape index (κ1) is 23.3. The molecule has 4 aliphatic carbocycles. The Bertz CT molecular complexity index is 840. The molecule has 8 atom stereocenters. The van der Waals surface area contributed by atoms with E-state index in [0.29, 0.717) is 23.7 Å². The van der Waals surface area contributed by atoms with Crippen molar-refractivity contribution in [3.05, 3.63) is 11.6 Å². The minimum absolute atomic E-state index is 0.0980. The first-order valence-corrected chi connectivity index (χ1v) is 13.5. The Morgan fingerprint density at radius 2 is 2.03 bits per heavy atom. The fraction of sp³-hybridized carbons (Fsp3) is 0.852. The zero-order valence-corrected chi connectivity index (χ0v) is 20.8. The molecule has 0 aromatic heterocycles. The van der Waals surface area contributed by atoms with Gasteiger partial charge in [0.2, 0.25) is 5.96 Å². The van der Waals surface area contributed by atoms with Gasteiger partial charge in [0, 0.05) is 6.54 Å². The van der Waals surface area contributed by atoms with Crippen LogP contribution in [0.4, 0.5) is 0 Å². The van der Waals surface area contributed by atoms with Crippen LogP contribution < -0.4 is 10.7 Å². The smallest absolute Gasteiger partial charge is 0.212 e. The van der Waals surface area contributed by atoms with Gasteiger partial charge in [0.1, 0.15) is 0 Å². The fourth-order valence-electron chi connectivity index (χ4n) is 8.76. The summed E-state index contributed by atoms with van der Waals surface area (Å²) in [6.07, 6.45) is 14.7. The summed E-state index contributed by atoms with van der Waals surface area (Å²) in [5.74, 6) is 2.52. The maximum atomic E-state index is 12.0. The average molecular weight is 457 g/mol. The number of guanidine groups is 1. The van der Waals surface area contributed by atoms with Crippen molar-refractivity contribution >= 4 is 12.2 Å². The van der Waals surface area contributed by atoms with Gasteiger partial charge in [0.25, 0.3) is 0 Å². The molecule has 6 nitrogen and oxygen atoms in total. The lowest BCUT2D eigenvalue weighted by Crippen LogP contribution is -2.62. The van der Waals surface area contributed by atoms with Gasteiger partial charge in [-0.05, 0) is 104 Å². The van der Waals surface area contributed by atoms with Crippen molar-refractivity contribution in [3.8, 4) is 0 Å². The highest BCUT2D eigenvalue weighted by Gasteiger charge is 2.65. The molecule has 4 fully saturated rings. The number of aliphatic imine (C=N–C) groups is 1. The van der Waals surface area contributed by atoms with Gasteiger partial charge in [-0.2, -0.15) is 5.10 Å². The second-order valence-electron chi connectivity index (χ2n) is 12.1. The highest BCUT2D eigenvalue weighted by molar-refractivity contribution is 5.84. The third kappa shape index (κ3) is 3.76. The molecule has 5 aliphatic rings. The molecule has 0 saturated heterocycles. The van der Waals surface area contributed by atoms with Crippen molar-refractivity contribution < 1.29 is 10.2 Å². The van der Waals surface area contributed by atoms with Crippen molar-refractivity contribution in [1.82, 2.24) is 10.7 Å². The quantitative estimate of drug-likeness (QED) is 0.380. The van der Waals surface area contributed by atoms with Crippen LogP contribution in [0, 0.1) is 34.5 Å². The zero-order chi connectivity index (χ0) is 23.3. The Labute approximate surface area is 199 Å². The highest BCUT2D eigenvalue weighted by Crippen LogP contribution is 2.68. The van der Waals surface area contributed by atoms with Gasteiger partial charge >= 0.3 is 0 Å². The lowest BCUT2D eigenvalue weighted by Gasteiger charge is -2.64. The monoisotopic (exact) mass is 456 g/mol. The molecule has 0 spiro atoms. The molecule has 0 amide bonds. The van der Waals surface area contributed by atoms with E-state index in [1.54, 1.807) is 0 Å². The third-order valence-corrected chi connectivity index (χ3v) is 10.7. The van der Waals surface area contributed by atoms with Crippen LogP contribution in [-0.4, -0.2) is 47.2 Å². The Morgan fingerprint density at radius 1 is 1.18 bits per heavy atom. The molecule has 4 N–H and O–H groups in total.